The van der Waals surface area contributed by atoms with Crippen LogP contribution in [0.15, 0.2) is 24.3 Å². The zero-order chi connectivity index (χ0) is 20.5. The summed E-state index contributed by atoms with van der Waals surface area (Å²) in [5, 5.41) is -0.533. The third-order valence-electron chi connectivity index (χ3n) is 4.54. The average molecular weight is 394 g/mol. The monoisotopic (exact) mass is 393 g/mol. The number of hydrogen-bond acceptors (Lipinski definition) is 5. The lowest BCUT2D eigenvalue weighted by molar-refractivity contribution is -0.142. The van der Waals surface area contributed by atoms with E-state index < -0.39 is 16.5 Å². The molecule has 0 spiro atoms. The predicted molar refractivity (Wildman–Crippen MR) is 107 cm³/mol. The van der Waals surface area contributed by atoms with E-state index in [0.717, 1.165) is 11.1 Å². The number of ether oxygens (including phenoxy) is 3. The van der Waals surface area contributed by atoms with Gasteiger partial charge in [-0.25, -0.2) is 4.79 Å². The van der Waals surface area contributed by atoms with Crippen LogP contribution in [0.1, 0.15) is 52.7 Å². The summed E-state index contributed by atoms with van der Waals surface area (Å²) in [7, 11) is 0.669. The summed E-state index contributed by atoms with van der Waals surface area (Å²) in [5.74, 6) is -0.244. The van der Waals surface area contributed by atoms with Crippen LogP contribution in [0.5, 0.6) is 0 Å². The molecule has 1 heterocycles. The second-order valence-electron chi connectivity index (χ2n) is 8.50. The molecule has 1 saturated heterocycles. The lowest BCUT2D eigenvalue weighted by Gasteiger charge is -2.40. The molecule has 0 aromatic heterocycles. The third-order valence-corrected chi connectivity index (χ3v) is 5.86. The molecule has 1 atom stereocenters. The standard InChI is InChI=1S/C20H31NO5Si/c1-7-24-16(22)12-14-8-10-15(11-9-14)20(27)13-25-19(5,6)21(20)17(23)26-18(2,3)4/h8-11H,7,12-13H2,1-6,27H3. The van der Waals surface area contributed by atoms with Gasteiger partial charge in [-0.15, -0.1) is 0 Å². The molecular weight excluding hydrogens is 362 g/mol. The molecule has 1 fully saturated rings. The van der Waals surface area contributed by atoms with Crippen molar-refractivity contribution < 1.29 is 23.8 Å². The maximum atomic E-state index is 12.9. The van der Waals surface area contributed by atoms with Crippen LogP contribution in [0, 0.1) is 0 Å². The molecule has 1 unspecified atom stereocenters. The van der Waals surface area contributed by atoms with Crippen LogP contribution >= 0.6 is 0 Å². The molecule has 0 saturated carbocycles. The number of carbonyl (C=O) groups excluding carboxylic acids is 2. The molecule has 7 heteroatoms. The fraction of sp³-hybridized carbons (Fsp3) is 0.600. The van der Waals surface area contributed by atoms with Crippen molar-refractivity contribution >= 4 is 22.3 Å². The first-order chi connectivity index (χ1) is 12.4. The summed E-state index contributed by atoms with van der Waals surface area (Å²) in [6.45, 7) is 11.9. The maximum Gasteiger partial charge on any atom is 0.413 e. The number of benzene rings is 1. The average Bonchev–Trinajstić information content (AvgIpc) is 2.77. The van der Waals surface area contributed by atoms with Crippen molar-refractivity contribution in [2.45, 2.75) is 64.5 Å². The first kappa shape index (κ1) is 21.4. The van der Waals surface area contributed by atoms with Crippen LogP contribution in [0.3, 0.4) is 0 Å². The topological polar surface area (TPSA) is 65.1 Å². The Morgan fingerprint density at radius 2 is 1.81 bits per heavy atom. The Balaban J connectivity index is 2.28. The second kappa shape index (κ2) is 7.64. The third kappa shape index (κ3) is 4.90. The van der Waals surface area contributed by atoms with E-state index in [9.17, 15) is 9.59 Å². The van der Waals surface area contributed by atoms with Gasteiger partial charge in [0.2, 0.25) is 0 Å². The van der Waals surface area contributed by atoms with E-state index in [2.05, 4.69) is 0 Å². The quantitative estimate of drug-likeness (QED) is 0.580. The van der Waals surface area contributed by atoms with Crippen molar-refractivity contribution in [1.82, 2.24) is 4.90 Å². The Hall–Kier alpha value is -1.86. The van der Waals surface area contributed by atoms with Crippen molar-refractivity contribution in [2.24, 2.45) is 0 Å². The van der Waals surface area contributed by atoms with Gasteiger partial charge in [0.15, 0.2) is 0 Å². The van der Waals surface area contributed by atoms with Crippen LogP contribution in [0.4, 0.5) is 4.79 Å². The SMILES string of the molecule is CCOC(=O)Cc1ccc(C2([SiH3])COC(C)(C)N2C(=O)OC(C)(C)C)cc1. The first-order valence-electron chi connectivity index (χ1n) is 9.31. The second-order valence-corrected chi connectivity index (χ2v) is 10.2. The highest BCUT2D eigenvalue weighted by Gasteiger charge is 2.53. The maximum absolute atomic E-state index is 12.9. The molecule has 1 aromatic rings. The number of nitrogens with zero attached hydrogens (tertiary/aromatic N) is 1. The lowest BCUT2D eigenvalue weighted by Crippen LogP contribution is -2.55. The Morgan fingerprint density at radius 1 is 1.22 bits per heavy atom. The molecule has 0 aliphatic carbocycles. The Morgan fingerprint density at radius 3 is 2.33 bits per heavy atom. The zero-order valence-electron chi connectivity index (χ0n) is 17.4. The fourth-order valence-electron chi connectivity index (χ4n) is 3.34. The van der Waals surface area contributed by atoms with E-state index in [1.54, 1.807) is 11.8 Å². The predicted octanol–water partition coefficient (Wildman–Crippen LogP) is 2.31. The number of rotatable bonds is 4. The van der Waals surface area contributed by atoms with Crippen molar-refractivity contribution in [1.29, 1.82) is 0 Å². The molecule has 2 rings (SSSR count). The molecule has 1 amide bonds. The van der Waals surface area contributed by atoms with Gasteiger partial charge in [0, 0.05) is 10.2 Å². The van der Waals surface area contributed by atoms with Crippen molar-refractivity contribution in [2.75, 3.05) is 13.2 Å². The van der Waals surface area contributed by atoms with Gasteiger partial charge < -0.3 is 14.2 Å². The van der Waals surface area contributed by atoms with E-state index in [1.807, 2.05) is 58.9 Å². The van der Waals surface area contributed by atoms with Crippen LogP contribution in [0.2, 0.25) is 0 Å². The normalized spacial score (nSPS) is 21.9. The Kier molecular flexibility index (Phi) is 6.06. The molecule has 1 aliphatic heterocycles. The van der Waals surface area contributed by atoms with Crippen molar-refractivity contribution in [3.63, 3.8) is 0 Å². The number of carbonyl (C=O) groups is 2. The van der Waals surface area contributed by atoms with Gasteiger partial charge in [-0.3, -0.25) is 9.69 Å². The van der Waals surface area contributed by atoms with E-state index in [0.29, 0.717) is 23.5 Å². The van der Waals surface area contributed by atoms with Crippen LogP contribution in [0.25, 0.3) is 0 Å². The summed E-state index contributed by atoms with van der Waals surface area (Å²) in [6.07, 6.45) is -0.143. The Labute approximate surface area is 164 Å². The van der Waals surface area contributed by atoms with Gasteiger partial charge in [-0.2, -0.15) is 0 Å². The van der Waals surface area contributed by atoms with Gasteiger partial charge in [-0.05, 0) is 52.7 Å². The van der Waals surface area contributed by atoms with Gasteiger partial charge in [0.1, 0.15) is 11.3 Å². The highest BCUT2D eigenvalue weighted by atomic mass is 28.1. The number of esters is 1. The minimum Gasteiger partial charge on any atom is -0.466 e. The molecule has 0 N–H and O–H groups in total. The van der Waals surface area contributed by atoms with Crippen molar-refractivity contribution in [3.05, 3.63) is 35.4 Å². The van der Waals surface area contributed by atoms with E-state index in [-0.39, 0.29) is 18.5 Å². The van der Waals surface area contributed by atoms with Crippen LogP contribution in [-0.2, 0) is 30.6 Å². The highest BCUT2D eigenvalue weighted by molar-refractivity contribution is 6.17. The molecule has 150 valence electrons. The number of amides is 1. The molecule has 1 aliphatic rings. The minimum absolute atomic E-state index is 0.236. The summed E-state index contributed by atoms with van der Waals surface area (Å²) >= 11 is 0. The van der Waals surface area contributed by atoms with E-state index in [4.69, 9.17) is 14.2 Å². The summed E-state index contributed by atoms with van der Waals surface area (Å²) in [6, 6.07) is 7.74. The Bertz CT molecular complexity index is 695. The lowest BCUT2D eigenvalue weighted by atomic mass is 10.0. The van der Waals surface area contributed by atoms with Gasteiger partial charge >= 0.3 is 12.1 Å². The van der Waals surface area contributed by atoms with E-state index in [1.165, 1.54) is 0 Å². The molecular formula is C20H31NO5Si. The van der Waals surface area contributed by atoms with Gasteiger partial charge in [0.25, 0.3) is 0 Å². The van der Waals surface area contributed by atoms with Crippen LogP contribution in [-0.4, -0.2) is 51.7 Å². The van der Waals surface area contributed by atoms with Gasteiger partial charge in [-0.1, -0.05) is 24.3 Å². The first-order valence-corrected chi connectivity index (χ1v) is 10.3. The number of hydrogen-bond donors (Lipinski definition) is 0. The van der Waals surface area contributed by atoms with Crippen LogP contribution < -0.4 is 0 Å². The minimum atomic E-state index is -0.756. The smallest absolute Gasteiger partial charge is 0.413 e. The molecule has 1 aromatic carbocycles. The summed E-state index contributed by atoms with van der Waals surface area (Å²) < 4.78 is 16.6. The van der Waals surface area contributed by atoms with Gasteiger partial charge in [0.05, 0.1) is 24.8 Å². The van der Waals surface area contributed by atoms with Crippen molar-refractivity contribution in [3.8, 4) is 0 Å². The molecule has 0 radical (unpaired) electrons. The molecule has 0 bridgehead atoms. The summed E-state index contributed by atoms with van der Waals surface area (Å²) in [5.41, 5.74) is 0.526. The largest absolute Gasteiger partial charge is 0.466 e. The molecule has 27 heavy (non-hydrogen) atoms. The highest BCUT2D eigenvalue weighted by Crippen LogP contribution is 2.41. The van der Waals surface area contributed by atoms with E-state index >= 15 is 0 Å². The fourth-order valence-corrected chi connectivity index (χ4v) is 4.54. The summed E-state index contributed by atoms with van der Waals surface area (Å²) in [4.78, 5) is 26.3. The zero-order valence-corrected chi connectivity index (χ0v) is 19.4. The molecule has 6 nitrogen and oxygen atoms in total.